The molecule has 0 radical (unpaired) electrons. The number of rotatable bonds is 4. The van der Waals surface area contributed by atoms with Crippen LogP contribution in [-0.4, -0.2) is 10.1 Å². The predicted octanol–water partition coefficient (Wildman–Crippen LogP) is 4.00. The summed E-state index contributed by atoms with van der Waals surface area (Å²) in [4.78, 5) is 4.40. The molecule has 1 heterocycles. The predicted molar refractivity (Wildman–Crippen MR) is 78.5 cm³/mol. The molecule has 2 aromatic rings. The molecule has 0 aliphatic carbocycles. The van der Waals surface area contributed by atoms with Crippen molar-refractivity contribution in [3.05, 3.63) is 51.6 Å². The third-order valence-electron chi connectivity index (χ3n) is 2.76. The molecule has 0 saturated heterocycles. The average Bonchev–Trinajstić information content (AvgIpc) is 2.41. The highest BCUT2D eigenvalue weighted by atomic mass is 79.9. The van der Waals surface area contributed by atoms with Crippen molar-refractivity contribution in [3.63, 3.8) is 0 Å². The summed E-state index contributed by atoms with van der Waals surface area (Å²) in [5, 5.41) is 9.25. The zero-order chi connectivity index (χ0) is 13.8. The van der Waals surface area contributed by atoms with E-state index in [0.29, 0.717) is 5.88 Å². The maximum atomic E-state index is 9.25. The Morgan fingerprint density at radius 3 is 2.68 bits per heavy atom. The Bertz CT molecular complexity index is 562. The summed E-state index contributed by atoms with van der Waals surface area (Å²) in [7, 11) is 0. The van der Waals surface area contributed by atoms with E-state index in [-0.39, 0.29) is 6.61 Å². The molecule has 0 spiro atoms. The topological polar surface area (TPSA) is 42.4 Å². The normalized spacial score (nSPS) is 10.5. The molecule has 2 rings (SSSR count). The number of hydrogen-bond donors (Lipinski definition) is 1. The van der Waals surface area contributed by atoms with Gasteiger partial charge in [0.15, 0.2) is 0 Å². The minimum atomic E-state index is -0.0129. The maximum Gasteiger partial charge on any atom is 0.219 e. The van der Waals surface area contributed by atoms with E-state index >= 15 is 0 Å². The number of aliphatic hydroxyl groups is 1. The Hall–Kier alpha value is -1.39. The Morgan fingerprint density at radius 2 is 2.05 bits per heavy atom. The number of ether oxygens (including phenoxy) is 1. The highest BCUT2D eigenvalue weighted by Gasteiger charge is 2.06. The Balaban J connectivity index is 2.31. The zero-order valence-corrected chi connectivity index (χ0v) is 12.6. The van der Waals surface area contributed by atoms with Crippen LogP contribution < -0.4 is 4.74 Å². The van der Waals surface area contributed by atoms with Gasteiger partial charge in [0, 0.05) is 11.8 Å². The number of hydrogen-bond acceptors (Lipinski definition) is 3. The second-order valence-electron chi connectivity index (χ2n) is 4.35. The summed E-state index contributed by atoms with van der Waals surface area (Å²) in [6.07, 6.45) is 0.805. The van der Waals surface area contributed by atoms with E-state index < -0.39 is 0 Å². The number of aryl methyl sites for hydroxylation is 2. The van der Waals surface area contributed by atoms with Gasteiger partial charge in [0.2, 0.25) is 5.88 Å². The molecule has 3 nitrogen and oxygen atoms in total. The van der Waals surface area contributed by atoms with Gasteiger partial charge >= 0.3 is 0 Å². The minimum absolute atomic E-state index is 0.0129. The van der Waals surface area contributed by atoms with Crippen molar-refractivity contribution in [1.29, 1.82) is 0 Å². The van der Waals surface area contributed by atoms with E-state index in [4.69, 9.17) is 4.74 Å². The summed E-state index contributed by atoms with van der Waals surface area (Å²) in [5.41, 5.74) is 2.88. The van der Waals surface area contributed by atoms with Crippen LogP contribution in [0.3, 0.4) is 0 Å². The lowest BCUT2D eigenvalue weighted by molar-refractivity contribution is 0.281. The van der Waals surface area contributed by atoms with Crippen LogP contribution in [0.2, 0.25) is 0 Å². The fraction of sp³-hybridized carbons (Fsp3) is 0.267. The van der Waals surface area contributed by atoms with E-state index in [1.807, 2.05) is 38.1 Å². The van der Waals surface area contributed by atoms with Crippen molar-refractivity contribution >= 4 is 15.9 Å². The largest absolute Gasteiger partial charge is 0.438 e. The van der Waals surface area contributed by atoms with Gasteiger partial charge in [-0.3, -0.25) is 0 Å². The molecule has 0 bridgehead atoms. The summed E-state index contributed by atoms with van der Waals surface area (Å²) in [5.74, 6) is 1.23. The molecule has 0 saturated carbocycles. The first-order valence-electron chi connectivity index (χ1n) is 6.17. The van der Waals surface area contributed by atoms with Crippen LogP contribution in [0.5, 0.6) is 11.6 Å². The first-order valence-corrected chi connectivity index (χ1v) is 6.96. The Labute approximate surface area is 121 Å². The first kappa shape index (κ1) is 14.0. The number of pyridine rings is 1. The van der Waals surface area contributed by atoms with Crippen molar-refractivity contribution in [2.75, 3.05) is 0 Å². The van der Waals surface area contributed by atoms with Gasteiger partial charge in [-0.2, -0.15) is 0 Å². The van der Waals surface area contributed by atoms with Gasteiger partial charge in [-0.15, -0.1) is 0 Å². The van der Waals surface area contributed by atoms with E-state index in [1.165, 1.54) is 0 Å². The average molecular weight is 322 g/mol. The lowest BCUT2D eigenvalue weighted by Crippen LogP contribution is -1.96. The third-order valence-corrected chi connectivity index (χ3v) is 3.38. The van der Waals surface area contributed by atoms with Crippen LogP contribution in [0, 0.1) is 6.92 Å². The molecule has 0 unspecified atom stereocenters. The van der Waals surface area contributed by atoms with Gasteiger partial charge in [0.25, 0.3) is 0 Å². The summed E-state index contributed by atoms with van der Waals surface area (Å²) in [6.45, 7) is 4.03. The van der Waals surface area contributed by atoms with Crippen LogP contribution >= 0.6 is 15.9 Å². The number of nitrogens with zero attached hydrogens (tertiary/aromatic N) is 1. The van der Waals surface area contributed by atoms with Gasteiger partial charge in [-0.1, -0.05) is 13.0 Å². The van der Waals surface area contributed by atoms with Crippen molar-refractivity contribution in [1.82, 2.24) is 4.98 Å². The molecule has 0 aliphatic rings. The number of halogens is 1. The fourth-order valence-corrected chi connectivity index (χ4v) is 2.32. The van der Waals surface area contributed by atoms with E-state index in [2.05, 4.69) is 20.9 Å². The van der Waals surface area contributed by atoms with Crippen molar-refractivity contribution in [2.24, 2.45) is 0 Å². The molecule has 0 aliphatic heterocycles. The van der Waals surface area contributed by atoms with Gasteiger partial charge in [0.1, 0.15) is 5.75 Å². The van der Waals surface area contributed by atoms with E-state index in [9.17, 15) is 5.11 Å². The molecule has 0 atom stereocenters. The first-order chi connectivity index (χ1) is 9.12. The van der Waals surface area contributed by atoms with Crippen LogP contribution in [0.4, 0.5) is 0 Å². The van der Waals surface area contributed by atoms with Gasteiger partial charge in [-0.05, 0) is 58.6 Å². The van der Waals surface area contributed by atoms with Gasteiger partial charge < -0.3 is 9.84 Å². The van der Waals surface area contributed by atoms with Crippen LogP contribution in [0.25, 0.3) is 0 Å². The lowest BCUT2D eigenvalue weighted by Gasteiger charge is -2.10. The third kappa shape index (κ3) is 3.55. The molecular weight excluding hydrogens is 306 g/mol. The summed E-state index contributed by atoms with van der Waals surface area (Å²) in [6, 6.07) is 9.52. The van der Waals surface area contributed by atoms with Crippen LogP contribution in [-0.2, 0) is 13.0 Å². The van der Waals surface area contributed by atoms with Crippen molar-refractivity contribution in [2.45, 2.75) is 26.9 Å². The molecule has 1 aromatic heterocycles. The van der Waals surface area contributed by atoms with Crippen molar-refractivity contribution < 1.29 is 9.84 Å². The smallest absolute Gasteiger partial charge is 0.219 e. The Kier molecular flexibility index (Phi) is 4.56. The quantitative estimate of drug-likeness (QED) is 0.925. The zero-order valence-electron chi connectivity index (χ0n) is 11.0. The number of aromatic nitrogens is 1. The standard InChI is InChI=1S/C15H16BrNO2/c1-3-12-7-11(9-18)8-15(17-12)19-14-5-4-10(2)6-13(14)16/h4-8,18H,3,9H2,1-2H3. The fourth-order valence-electron chi connectivity index (χ4n) is 1.75. The maximum absolute atomic E-state index is 9.25. The molecular formula is C15H16BrNO2. The van der Waals surface area contributed by atoms with Crippen LogP contribution in [0.1, 0.15) is 23.7 Å². The summed E-state index contributed by atoms with van der Waals surface area (Å²) >= 11 is 3.47. The number of benzene rings is 1. The SMILES string of the molecule is CCc1cc(CO)cc(Oc2ccc(C)cc2Br)n1. The van der Waals surface area contributed by atoms with Gasteiger partial charge in [0.05, 0.1) is 11.1 Å². The molecule has 0 amide bonds. The van der Waals surface area contributed by atoms with Crippen molar-refractivity contribution in [3.8, 4) is 11.6 Å². The van der Waals surface area contributed by atoms with Crippen LogP contribution in [0.15, 0.2) is 34.8 Å². The Morgan fingerprint density at radius 1 is 1.26 bits per heavy atom. The minimum Gasteiger partial charge on any atom is -0.438 e. The van der Waals surface area contributed by atoms with E-state index in [1.54, 1.807) is 6.07 Å². The molecule has 19 heavy (non-hydrogen) atoms. The van der Waals surface area contributed by atoms with Gasteiger partial charge in [-0.25, -0.2) is 4.98 Å². The lowest BCUT2D eigenvalue weighted by atomic mass is 10.2. The molecule has 1 N–H and O–H groups in total. The highest BCUT2D eigenvalue weighted by Crippen LogP contribution is 2.30. The summed E-state index contributed by atoms with van der Waals surface area (Å²) < 4.78 is 6.67. The molecule has 0 fully saturated rings. The molecule has 100 valence electrons. The molecule has 4 heteroatoms. The second kappa shape index (κ2) is 6.17. The molecule has 1 aromatic carbocycles. The van der Waals surface area contributed by atoms with E-state index in [0.717, 1.165) is 33.5 Å². The highest BCUT2D eigenvalue weighted by molar-refractivity contribution is 9.10. The monoisotopic (exact) mass is 321 g/mol. The second-order valence-corrected chi connectivity index (χ2v) is 5.21. The number of aliphatic hydroxyl groups excluding tert-OH is 1.